The SMILES string of the molecule is O=C1NCC(O)CC12CCN(c1nnnn1-c1ccccc1)CC2. The van der Waals surface area contributed by atoms with Crippen LogP contribution in [-0.4, -0.2) is 57.0 Å². The van der Waals surface area contributed by atoms with Gasteiger partial charge in [0.2, 0.25) is 11.9 Å². The Hall–Kier alpha value is -2.48. The van der Waals surface area contributed by atoms with Crippen LogP contribution in [0, 0.1) is 5.41 Å². The van der Waals surface area contributed by atoms with Gasteiger partial charge in [0, 0.05) is 19.6 Å². The summed E-state index contributed by atoms with van der Waals surface area (Å²) in [7, 11) is 0. The maximum Gasteiger partial charge on any atom is 0.250 e. The Morgan fingerprint density at radius 3 is 2.71 bits per heavy atom. The quantitative estimate of drug-likeness (QED) is 0.813. The van der Waals surface area contributed by atoms with E-state index in [1.54, 1.807) is 4.68 Å². The van der Waals surface area contributed by atoms with Crippen molar-refractivity contribution in [3.05, 3.63) is 30.3 Å². The Kier molecular flexibility index (Phi) is 3.68. The summed E-state index contributed by atoms with van der Waals surface area (Å²) in [6.45, 7) is 1.73. The highest BCUT2D eigenvalue weighted by Gasteiger charge is 2.45. The predicted octanol–water partition coefficient (Wildman–Crippen LogP) is 0.130. The lowest BCUT2D eigenvalue weighted by atomic mass is 9.71. The van der Waals surface area contributed by atoms with Crippen LogP contribution in [0.3, 0.4) is 0 Å². The van der Waals surface area contributed by atoms with Crippen LogP contribution in [0.15, 0.2) is 30.3 Å². The monoisotopic (exact) mass is 328 g/mol. The molecule has 2 saturated heterocycles. The van der Waals surface area contributed by atoms with E-state index < -0.39 is 11.5 Å². The van der Waals surface area contributed by atoms with Gasteiger partial charge in [0.1, 0.15) is 0 Å². The molecule has 2 fully saturated rings. The zero-order valence-electron chi connectivity index (χ0n) is 13.3. The highest BCUT2D eigenvalue weighted by molar-refractivity contribution is 5.83. The fourth-order valence-corrected chi connectivity index (χ4v) is 3.70. The molecule has 8 heteroatoms. The molecule has 2 aromatic rings. The first kappa shape index (κ1) is 15.1. The highest BCUT2D eigenvalue weighted by Crippen LogP contribution is 2.39. The van der Waals surface area contributed by atoms with E-state index in [1.165, 1.54) is 0 Å². The van der Waals surface area contributed by atoms with Gasteiger partial charge in [0.25, 0.3) is 0 Å². The van der Waals surface area contributed by atoms with Crippen LogP contribution in [0.25, 0.3) is 5.69 Å². The van der Waals surface area contributed by atoms with E-state index >= 15 is 0 Å². The van der Waals surface area contributed by atoms with Gasteiger partial charge in [-0.25, -0.2) is 0 Å². The standard InChI is InChI=1S/C16H20N6O2/c23-13-10-16(14(24)17-11-13)6-8-21(9-7-16)15-18-19-20-22(15)12-4-2-1-3-5-12/h1-5,13,23H,6-11H2,(H,17,24). The van der Waals surface area contributed by atoms with E-state index in [-0.39, 0.29) is 5.91 Å². The fraction of sp³-hybridized carbons (Fsp3) is 0.500. The molecule has 0 radical (unpaired) electrons. The maximum absolute atomic E-state index is 12.3. The Morgan fingerprint density at radius 1 is 1.21 bits per heavy atom. The number of benzene rings is 1. The average molecular weight is 328 g/mol. The number of aliphatic hydroxyl groups is 1. The number of hydrogen-bond donors (Lipinski definition) is 2. The molecule has 8 nitrogen and oxygen atoms in total. The van der Waals surface area contributed by atoms with Crippen molar-refractivity contribution in [2.45, 2.75) is 25.4 Å². The molecule has 1 atom stereocenters. The van der Waals surface area contributed by atoms with Gasteiger partial charge in [-0.15, -0.1) is 0 Å². The van der Waals surface area contributed by atoms with Gasteiger partial charge < -0.3 is 15.3 Å². The van der Waals surface area contributed by atoms with Gasteiger partial charge in [-0.05, 0) is 41.8 Å². The van der Waals surface area contributed by atoms with Crippen LogP contribution >= 0.6 is 0 Å². The summed E-state index contributed by atoms with van der Waals surface area (Å²) in [4.78, 5) is 14.4. The Labute approximate surface area is 139 Å². The molecule has 2 aliphatic heterocycles. The van der Waals surface area contributed by atoms with Crippen molar-refractivity contribution in [2.75, 3.05) is 24.5 Å². The molecule has 2 aliphatic rings. The summed E-state index contributed by atoms with van der Waals surface area (Å²) in [6, 6.07) is 9.75. The molecule has 1 aromatic heterocycles. The molecular formula is C16H20N6O2. The minimum atomic E-state index is -0.459. The molecule has 1 spiro atoms. The van der Waals surface area contributed by atoms with Crippen LogP contribution < -0.4 is 10.2 Å². The van der Waals surface area contributed by atoms with Gasteiger partial charge in [-0.1, -0.05) is 23.3 Å². The molecular weight excluding hydrogens is 308 g/mol. The molecule has 1 aromatic carbocycles. The lowest BCUT2D eigenvalue weighted by molar-refractivity contribution is -0.138. The maximum atomic E-state index is 12.3. The fourth-order valence-electron chi connectivity index (χ4n) is 3.70. The Bertz CT molecular complexity index is 723. The van der Waals surface area contributed by atoms with Gasteiger partial charge in [-0.2, -0.15) is 4.68 Å². The molecule has 0 saturated carbocycles. The Morgan fingerprint density at radius 2 is 1.96 bits per heavy atom. The van der Waals surface area contributed by atoms with Crippen LogP contribution in [0.4, 0.5) is 5.95 Å². The molecule has 4 rings (SSSR count). The van der Waals surface area contributed by atoms with Crippen molar-refractivity contribution in [1.29, 1.82) is 0 Å². The van der Waals surface area contributed by atoms with Crippen molar-refractivity contribution >= 4 is 11.9 Å². The number of aliphatic hydroxyl groups excluding tert-OH is 1. The first-order chi connectivity index (χ1) is 11.7. The van der Waals surface area contributed by atoms with Gasteiger partial charge >= 0.3 is 0 Å². The third kappa shape index (κ3) is 2.52. The second-order valence-corrected chi connectivity index (χ2v) is 6.56. The molecule has 0 aliphatic carbocycles. The smallest absolute Gasteiger partial charge is 0.250 e. The van der Waals surface area contributed by atoms with Crippen molar-refractivity contribution < 1.29 is 9.90 Å². The number of carbonyl (C=O) groups is 1. The first-order valence-electron chi connectivity index (χ1n) is 8.23. The first-order valence-corrected chi connectivity index (χ1v) is 8.23. The van der Waals surface area contributed by atoms with Crippen molar-refractivity contribution in [1.82, 2.24) is 25.5 Å². The number of amides is 1. The average Bonchev–Trinajstić information content (AvgIpc) is 3.10. The second kappa shape index (κ2) is 5.86. The number of carbonyl (C=O) groups excluding carboxylic acids is 1. The highest BCUT2D eigenvalue weighted by atomic mass is 16.3. The van der Waals surface area contributed by atoms with Crippen LogP contribution in [0.1, 0.15) is 19.3 Å². The number of piperidine rings is 2. The lowest BCUT2D eigenvalue weighted by Crippen LogP contribution is -2.56. The number of nitrogens with zero attached hydrogens (tertiary/aromatic N) is 5. The van der Waals surface area contributed by atoms with Gasteiger partial charge in [0.15, 0.2) is 0 Å². The van der Waals surface area contributed by atoms with Gasteiger partial charge in [-0.3, -0.25) is 4.79 Å². The van der Waals surface area contributed by atoms with E-state index in [9.17, 15) is 9.90 Å². The molecule has 0 bridgehead atoms. The summed E-state index contributed by atoms with van der Waals surface area (Å²) in [5.74, 6) is 0.753. The summed E-state index contributed by atoms with van der Waals surface area (Å²) < 4.78 is 1.72. The van der Waals surface area contributed by atoms with Crippen LogP contribution in [0.5, 0.6) is 0 Å². The normalized spacial score (nSPS) is 23.3. The topological polar surface area (TPSA) is 96.2 Å². The van der Waals surface area contributed by atoms with Crippen LogP contribution in [0.2, 0.25) is 0 Å². The zero-order valence-corrected chi connectivity index (χ0v) is 13.3. The van der Waals surface area contributed by atoms with E-state index in [1.807, 2.05) is 30.3 Å². The number of anilines is 1. The van der Waals surface area contributed by atoms with Crippen molar-refractivity contribution in [3.63, 3.8) is 0 Å². The Balaban J connectivity index is 1.53. The summed E-state index contributed by atoms with van der Waals surface area (Å²) >= 11 is 0. The minimum Gasteiger partial charge on any atom is -0.391 e. The predicted molar refractivity (Wildman–Crippen MR) is 86.7 cm³/mol. The van der Waals surface area contributed by atoms with Crippen LogP contribution in [-0.2, 0) is 4.79 Å². The second-order valence-electron chi connectivity index (χ2n) is 6.56. The summed E-state index contributed by atoms with van der Waals surface area (Å²) in [6.07, 6.45) is 1.47. The number of tetrazole rings is 1. The molecule has 1 unspecified atom stereocenters. The number of para-hydroxylation sites is 1. The largest absolute Gasteiger partial charge is 0.391 e. The number of rotatable bonds is 2. The number of aromatic nitrogens is 4. The number of hydrogen-bond acceptors (Lipinski definition) is 6. The summed E-state index contributed by atoms with van der Waals surface area (Å²) in [5, 5.41) is 24.8. The number of β-amino-alcohol motifs (C(OH)–C–C–N with tert-alkyl or cyclic N) is 1. The van der Waals surface area contributed by atoms with Crippen molar-refractivity contribution in [3.8, 4) is 5.69 Å². The molecule has 126 valence electrons. The third-order valence-electron chi connectivity index (χ3n) is 5.06. The third-order valence-corrected chi connectivity index (χ3v) is 5.06. The zero-order chi connectivity index (χ0) is 16.6. The molecule has 1 amide bonds. The van der Waals surface area contributed by atoms with E-state index in [0.29, 0.717) is 44.8 Å². The molecule has 3 heterocycles. The van der Waals surface area contributed by atoms with Gasteiger partial charge in [0.05, 0.1) is 17.2 Å². The lowest BCUT2D eigenvalue weighted by Gasteiger charge is -2.44. The number of nitrogens with one attached hydrogen (secondary N) is 1. The molecule has 24 heavy (non-hydrogen) atoms. The van der Waals surface area contributed by atoms with E-state index in [0.717, 1.165) is 5.69 Å². The summed E-state index contributed by atoms with van der Waals surface area (Å²) in [5.41, 5.74) is 0.447. The van der Waals surface area contributed by atoms with E-state index in [2.05, 4.69) is 25.7 Å². The van der Waals surface area contributed by atoms with Crippen molar-refractivity contribution in [2.24, 2.45) is 5.41 Å². The molecule has 2 N–H and O–H groups in total. The minimum absolute atomic E-state index is 0.0649. The van der Waals surface area contributed by atoms with E-state index in [4.69, 9.17) is 0 Å².